The molecule has 2 aliphatic rings. The van der Waals surface area contributed by atoms with Crippen LogP contribution in [0.4, 0.5) is 0 Å². The summed E-state index contributed by atoms with van der Waals surface area (Å²) >= 11 is 0. The molecule has 0 saturated heterocycles. The highest BCUT2D eigenvalue weighted by molar-refractivity contribution is 6.14. The summed E-state index contributed by atoms with van der Waals surface area (Å²) in [4.78, 5) is 35.7. The van der Waals surface area contributed by atoms with E-state index in [-0.39, 0.29) is 11.7 Å². The van der Waals surface area contributed by atoms with Gasteiger partial charge in [0.2, 0.25) is 0 Å². The van der Waals surface area contributed by atoms with Gasteiger partial charge in [-0.25, -0.2) is 0 Å². The van der Waals surface area contributed by atoms with Gasteiger partial charge in [0.1, 0.15) is 11.3 Å². The van der Waals surface area contributed by atoms with Crippen molar-refractivity contribution in [3.05, 3.63) is 0 Å². The Balaban J connectivity index is 2.34. The Labute approximate surface area is 99.5 Å². The summed E-state index contributed by atoms with van der Waals surface area (Å²) in [5.41, 5.74) is -1.08. The van der Waals surface area contributed by atoms with E-state index in [0.717, 1.165) is 12.8 Å². The van der Waals surface area contributed by atoms with Crippen molar-refractivity contribution in [3.8, 4) is 0 Å². The van der Waals surface area contributed by atoms with Gasteiger partial charge in [0, 0.05) is 0 Å². The summed E-state index contributed by atoms with van der Waals surface area (Å²) in [6, 6.07) is 0. The highest BCUT2D eigenvalue weighted by atomic mass is 16.5. The van der Waals surface area contributed by atoms with Crippen LogP contribution in [-0.4, -0.2) is 31.9 Å². The molecule has 0 heterocycles. The number of carbonyl (C=O) groups excluding carboxylic acids is 3. The van der Waals surface area contributed by atoms with Crippen molar-refractivity contribution >= 4 is 17.7 Å². The van der Waals surface area contributed by atoms with E-state index >= 15 is 0 Å². The fourth-order valence-corrected chi connectivity index (χ4v) is 3.32. The SMILES string of the molecule is COC(=O)C1CC2CCCC2(C(=O)OC)C1=O. The first-order chi connectivity index (χ1) is 8.07. The van der Waals surface area contributed by atoms with Gasteiger partial charge in [-0.3, -0.25) is 14.4 Å². The van der Waals surface area contributed by atoms with Crippen molar-refractivity contribution in [2.45, 2.75) is 25.7 Å². The van der Waals surface area contributed by atoms with Crippen LogP contribution in [0.5, 0.6) is 0 Å². The fourth-order valence-electron chi connectivity index (χ4n) is 3.32. The van der Waals surface area contributed by atoms with Crippen LogP contribution >= 0.6 is 0 Å². The minimum Gasteiger partial charge on any atom is -0.468 e. The van der Waals surface area contributed by atoms with Crippen molar-refractivity contribution in [2.24, 2.45) is 17.3 Å². The van der Waals surface area contributed by atoms with Gasteiger partial charge in [0.25, 0.3) is 0 Å². The van der Waals surface area contributed by atoms with Gasteiger partial charge in [-0.05, 0) is 25.2 Å². The maximum atomic E-state index is 12.3. The second-order valence-electron chi connectivity index (χ2n) is 4.73. The molecular weight excluding hydrogens is 224 g/mol. The van der Waals surface area contributed by atoms with Crippen LogP contribution < -0.4 is 0 Å². The van der Waals surface area contributed by atoms with Gasteiger partial charge in [0.05, 0.1) is 14.2 Å². The highest BCUT2D eigenvalue weighted by Crippen LogP contribution is 2.54. The summed E-state index contributed by atoms with van der Waals surface area (Å²) in [6.45, 7) is 0. The van der Waals surface area contributed by atoms with Crippen molar-refractivity contribution in [3.63, 3.8) is 0 Å². The maximum Gasteiger partial charge on any atom is 0.319 e. The number of ketones is 1. The third-order valence-electron chi connectivity index (χ3n) is 4.13. The third-order valence-corrected chi connectivity index (χ3v) is 4.13. The van der Waals surface area contributed by atoms with E-state index in [4.69, 9.17) is 4.74 Å². The first-order valence-electron chi connectivity index (χ1n) is 5.78. The summed E-state index contributed by atoms with van der Waals surface area (Å²) in [7, 11) is 2.54. The molecule has 0 N–H and O–H groups in total. The van der Waals surface area contributed by atoms with Crippen LogP contribution in [0.2, 0.25) is 0 Å². The summed E-state index contributed by atoms with van der Waals surface area (Å²) in [5.74, 6) is -2.18. The van der Waals surface area contributed by atoms with Crippen LogP contribution in [0.3, 0.4) is 0 Å². The number of fused-ring (bicyclic) bond motifs is 1. The number of methoxy groups -OCH3 is 2. The average molecular weight is 240 g/mol. The molecular formula is C12H16O5. The second kappa shape index (κ2) is 4.13. The molecule has 0 spiro atoms. The van der Waals surface area contributed by atoms with Crippen molar-refractivity contribution in [1.29, 1.82) is 0 Å². The molecule has 2 rings (SSSR count). The van der Waals surface area contributed by atoms with Gasteiger partial charge in [-0.1, -0.05) is 6.42 Å². The molecule has 3 unspecified atom stereocenters. The van der Waals surface area contributed by atoms with E-state index < -0.39 is 23.3 Å². The second-order valence-corrected chi connectivity index (χ2v) is 4.73. The Bertz CT molecular complexity index is 375. The first-order valence-corrected chi connectivity index (χ1v) is 5.78. The number of rotatable bonds is 2. The average Bonchev–Trinajstić information content (AvgIpc) is 2.87. The predicted octanol–water partition coefficient (Wildman–Crippen LogP) is 0.708. The summed E-state index contributed by atoms with van der Waals surface area (Å²) < 4.78 is 9.38. The quantitative estimate of drug-likeness (QED) is 0.525. The van der Waals surface area contributed by atoms with Crippen LogP contribution in [0.15, 0.2) is 0 Å². The molecule has 5 nitrogen and oxygen atoms in total. The number of carbonyl (C=O) groups is 3. The van der Waals surface area contributed by atoms with E-state index in [2.05, 4.69) is 4.74 Å². The Hall–Kier alpha value is -1.39. The van der Waals surface area contributed by atoms with Crippen LogP contribution in [0.25, 0.3) is 0 Å². The summed E-state index contributed by atoms with van der Waals surface area (Å²) in [6.07, 6.45) is 2.55. The molecule has 2 saturated carbocycles. The molecule has 94 valence electrons. The van der Waals surface area contributed by atoms with E-state index in [1.54, 1.807) is 0 Å². The van der Waals surface area contributed by atoms with Gasteiger partial charge in [-0.2, -0.15) is 0 Å². The van der Waals surface area contributed by atoms with E-state index in [9.17, 15) is 14.4 Å². The monoisotopic (exact) mass is 240 g/mol. The largest absolute Gasteiger partial charge is 0.468 e. The molecule has 0 aromatic heterocycles. The number of Topliss-reactive ketones (excluding diaryl/α,β-unsaturated/α-hetero) is 1. The fraction of sp³-hybridized carbons (Fsp3) is 0.750. The van der Waals surface area contributed by atoms with Crippen molar-refractivity contribution < 1.29 is 23.9 Å². The van der Waals surface area contributed by atoms with Crippen LogP contribution in [0.1, 0.15) is 25.7 Å². The zero-order valence-corrected chi connectivity index (χ0v) is 10.0. The first kappa shape index (κ1) is 12.1. The Morgan fingerprint density at radius 2 is 2.00 bits per heavy atom. The number of hydrogen-bond donors (Lipinski definition) is 0. The van der Waals surface area contributed by atoms with E-state index in [0.29, 0.717) is 12.8 Å². The molecule has 0 radical (unpaired) electrons. The Morgan fingerprint density at radius 1 is 1.29 bits per heavy atom. The standard InChI is InChI=1S/C12H16O5/c1-16-10(14)8-6-7-4-3-5-12(7,9(8)13)11(15)17-2/h7-8H,3-6H2,1-2H3. The molecule has 0 bridgehead atoms. The van der Waals surface area contributed by atoms with E-state index in [1.165, 1.54) is 14.2 Å². The molecule has 0 aromatic rings. The Morgan fingerprint density at radius 3 is 2.59 bits per heavy atom. The van der Waals surface area contributed by atoms with E-state index in [1.807, 2.05) is 0 Å². The minimum atomic E-state index is -1.08. The van der Waals surface area contributed by atoms with Gasteiger partial charge >= 0.3 is 11.9 Å². The molecule has 2 aliphatic carbocycles. The summed E-state index contributed by atoms with van der Waals surface area (Å²) in [5, 5.41) is 0. The molecule has 0 aromatic carbocycles. The van der Waals surface area contributed by atoms with Crippen molar-refractivity contribution in [2.75, 3.05) is 14.2 Å². The lowest BCUT2D eigenvalue weighted by atomic mass is 9.79. The van der Waals surface area contributed by atoms with Crippen molar-refractivity contribution in [1.82, 2.24) is 0 Å². The van der Waals surface area contributed by atoms with Crippen LogP contribution in [-0.2, 0) is 23.9 Å². The zero-order chi connectivity index (χ0) is 12.6. The molecule has 17 heavy (non-hydrogen) atoms. The normalized spacial score (nSPS) is 35.5. The number of esters is 2. The third kappa shape index (κ3) is 1.48. The molecule has 2 fully saturated rings. The smallest absolute Gasteiger partial charge is 0.319 e. The van der Waals surface area contributed by atoms with Gasteiger partial charge in [-0.15, -0.1) is 0 Å². The zero-order valence-electron chi connectivity index (χ0n) is 10.0. The lowest BCUT2D eigenvalue weighted by Crippen LogP contribution is -2.40. The Kier molecular flexibility index (Phi) is 2.93. The molecule has 0 amide bonds. The predicted molar refractivity (Wildman–Crippen MR) is 56.9 cm³/mol. The topological polar surface area (TPSA) is 69.7 Å². The molecule has 3 atom stereocenters. The highest BCUT2D eigenvalue weighted by Gasteiger charge is 2.63. The minimum absolute atomic E-state index is 0.0634. The number of hydrogen-bond acceptors (Lipinski definition) is 5. The lowest BCUT2D eigenvalue weighted by Gasteiger charge is -2.24. The molecule has 0 aliphatic heterocycles. The van der Waals surface area contributed by atoms with Gasteiger partial charge < -0.3 is 9.47 Å². The number of ether oxygens (including phenoxy) is 2. The lowest BCUT2D eigenvalue weighted by molar-refractivity contribution is -0.159. The van der Waals surface area contributed by atoms with Gasteiger partial charge in [0.15, 0.2) is 5.78 Å². The van der Waals surface area contributed by atoms with Crippen LogP contribution in [0, 0.1) is 17.3 Å². The molecule has 5 heteroatoms. The maximum absolute atomic E-state index is 12.3.